The van der Waals surface area contributed by atoms with Crippen LogP contribution in [0, 0.1) is 0 Å². The lowest BCUT2D eigenvalue weighted by Crippen LogP contribution is -2.27. The quantitative estimate of drug-likeness (QED) is 0.353. The molecule has 6 nitrogen and oxygen atoms in total. The highest BCUT2D eigenvalue weighted by atomic mass is 32.2. The first-order valence-electron chi connectivity index (χ1n) is 10.4. The number of rotatable bonds is 9. The summed E-state index contributed by atoms with van der Waals surface area (Å²) >= 11 is 1.55. The van der Waals surface area contributed by atoms with Gasteiger partial charge in [-0.3, -0.25) is 14.9 Å². The van der Waals surface area contributed by atoms with E-state index in [0.29, 0.717) is 25.3 Å². The fourth-order valence-corrected chi connectivity index (χ4v) is 4.18. The maximum absolute atomic E-state index is 12.6. The van der Waals surface area contributed by atoms with Gasteiger partial charge < -0.3 is 10.1 Å². The fourth-order valence-electron chi connectivity index (χ4n) is 3.20. The summed E-state index contributed by atoms with van der Waals surface area (Å²) in [6, 6.07) is 19.6. The van der Waals surface area contributed by atoms with Gasteiger partial charge in [0.2, 0.25) is 0 Å². The standard InChI is InChI=1S/C25H24N4O2S/c1-2-31-16-15-27-25(30)21-8-3-4-9-24(21)32-19-11-12-20-22(28-29-23(20)17-19)13-10-18-7-5-6-14-26-18/h3-14,17H,2,15-16H2,1H3,(H,27,30)(H,28,29)/b13-10+. The Morgan fingerprint density at radius 1 is 1.12 bits per heavy atom. The molecule has 0 radical (unpaired) electrons. The van der Waals surface area contributed by atoms with Crippen LogP contribution in [0.3, 0.4) is 0 Å². The molecule has 0 saturated heterocycles. The van der Waals surface area contributed by atoms with Gasteiger partial charge in [0.15, 0.2) is 0 Å². The van der Waals surface area contributed by atoms with Gasteiger partial charge in [-0.05, 0) is 61.5 Å². The Morgan fingerprint density at radius 3 is 2.84 bits per heavy atom. The number of hydrogen-bond acceptors (Lipinski definition) is 5. The zero-order valence-corrected chi connectivity index (χ0v) is 18.6. The summed E-state index contributed by atoms with van der Waals surface area (Å²) in [5.74, 6) is -0.0997. The van der Waals surface area contributed by atoms with Crippen LogP contribution in [0.25, 0.3) is 23.1 Å². The Bertz CT molecular complexity index is 1220. The predicted molar refractivity (Wildman–Crippen MR) is 129 cm³/mol. The highest BCUT2D eigenvalue weighted by Gasteiger charge is 2.12. The van der Waals surface area contributed by atoms with E-state index in [-0.39, 0.29) is 5.91 Å². The molecule has 162 valence electrons. The maximum atomic E-state index is 12.6. The Labute approximate surface area is 191 Å². The van der Waals surface area contributed by atoms with Crippen molar-refractivity contribution in [3.63, 3.8) is 0 Å². The molecule has 1 amide bonds. The highest BCUT2D eigenvalue weighted by molar-refractivity contribution is 7.99. The number of nitrogens with one attached hydrogen (secondary N) is 2. The van der Waals surface area contributed by atoms with E-state index in [4.69, 9.17) is 4.74 Å². The van der Waals surface area contributed by atoms with Gasteiger partial charge in [-0.1, -0.05) is 30.0 Å². The summed E-state index contributed by atoms with van der Waals surface area (Å²) in [5, 5.41) is 11.5. The van der Waals surface area contributed by atoms with Gasteiger partial charge in [0.05, 0.1) is 29.1 Å². The molecule has 2 aromatic carbocycles. The molecule has 4 aromatic rings. The molecule has 2 N–H and O–H groups in total. The summed E-state index contributed by atoms with van der Waals surface area (Å²) in [4.78, 5) is 18.8. The Balaban J connectivity index is 1.50. The first-order valence-corrected chi connectivity index (χ1v) is 11.3. The van der Waals surface area contributed by atoms with E-state index in [1.165, 1.54) is 0 Å². The number of aromatic amines is 1. The Morgan fingerprint density at radius 2 is 2.00 bits per heavy atom. The van der Waals surface area contributed by atoms with Gasteiger partial charge in [-0.15, -0.1) is 0 Å². The average molecular weight is 445 g/mol. The van der Waals surface area contributed by atoms with Crippen molar-refractivity contribution in [2.75, 3.05) is 19.8 Å². The first kappa shape index (κ1) is 21.8. The van der Waals surface area contributed by atoms with Crippen molar-refractivity contribution in [1.82, 2.24) is 20.5 Å². The topological polar surface area (TPSA) is 79.9 Å². The van der Waals surface area contributed by atoms with Crippen molar-refractivity contribution >= 4 is 40.7 Å². The molecule has 32 heavy (non-hydrogen) atoms. The molecular weight excluding hydrogens is 420 g/mol. The minimum Gasteiger partial charge on any atom is -0.380 e. The number of H-pyrrole nitrogens is 1. The minimum absolute atomic E-state index is 0.0997. The summed E-state index contributed by atoms with van der Waals surface area (Å²) in [6.45, 7) is 3.56. The van der Waals surface area contributed by atoms with Crippen molar-refractivity contribution in [3.05, 3.63) is 83.8 Å². The van der Waals surface area contributed by atoms with Crippen LogP contribution in [-0.4, -0.2) is 40.8 Å². The summed E-state index contributed by atoms with van der Waals surface area (Å²) in [6.07, 6.45) is 5.66. The number of fused-ring (bicyclic) bond motifs is 1. The number of pyridine rings is 1. The van der Waals surface area contributed by atoms with Crippen LogP contribution >= 0.6 is 11.8 Å². The van der Waals surface area contributed by atoms with E-state index in [9.17, 15) is 4.79 Å². The monoisotopic (exact) mass is 444 g/mol. The fraction of sp³-hybridized carbons (Fsp3) is 0.160. The van der Waals surface area contributed by atoms with Crippen molar-refractivity contribution in [3.8, 4) is 0 Å². The Kier molecular flexibility index (Phi) is 7.32. The van der Waals surface area contributed by atoms with Gasteiger partial charge in [-0.25, -0.2) is 0 Å². The molecule has 2 aromatic heterocycles. The van der Waals surface area contributed by atoms with Crippen LogP contribution in [0.4, 0.5) is 0 Å². The molecule has 4 rings (SSSR count). The number of ether oxygens (including phenoxy) is 1. The van der Waals surface area contributed by atoms with Gasteiger partial charge >= 0.3 is 0 Å². The first-order chi connectivity index (χ1) is 15.7. The normalized spacial score (nSPS) is 11.3. The molecule has 0 fully saturated rings. The molecule has 0 aliphatic carbocycles. The van der Waals surface area contributed by atoms with E-state index in [2.05, 4.69) is 26.6 Å². The second kappa shape index (κ2) is 10.7. The number of amides is 1. The summed E-state index contributed by atoms with van der Waals surface area (Å²) in [5.41, 5.74) is 3.33. The minimum atomic E-state index is -0.0997. The zero-order valence-electron chi connectivity index (χ0n) is 17.7. The van der Waals surface area contributed by atoms with Crippen LogP contribution in [0.5, 0.6) is 0 Å². The zero-order chi connectivity index (χ0) is 22.2. The lowest BCUT2D eigenvalue weighted by atomic mass is 10.2. The molecule has 0 bridgehead atoms. The van der Waals surface area contributed by atoms with Gasteiger partial charge in [-0.2, -0.15) is 5.10 Å². The Hall–Kier alpha value is -3.42. The molecule has 0 aliphatic heterocycles. The molecule has 7 heteroatoms. The third kappa shape index (κ3) is 5.43. The number of carbonyl (C=O) groups excluding carboxylic acids is 1. The second-order valence-corrected chi connectivity index (χ2v) is 8.07. The largest absolute Gasteiger partial charge is 0.380 e. The van der Waals surface area contributed by atoms with E-state index in [1.54, 1.807) is 18.0 Å². The SMILES string of the molecule is CCOCCNC(=O)c1ccccc1Sc1ccc2c(/C=C/c3ccccn3)n[nH]c2c1. The average Bonchev–Trinajstić information content (AvgIpc) is 3.23. The van der Waals surface area contributed by atoms with Crippen LogP contribution in [0.15, 0.2) is 76.7 Å². The van der Waals surface area contributed by atoms with E-state index in [0.717, 1.165) is 32.1 Å². The third-order valence-corrected chi connectivity index (χ3v) is 5.82. The highest BCUT2D eigenvalue weighted by Crippen LogP contribution is 2.32. The molecule has 0 aliphatic rings. The number of benzene rings is 2. The van der Waals surface area contributed by atoms with E-state index in [1.807, 2.05) is 73.7 Å². The summed E-state index contributed by atoms with van der Waals surface area (Å²) < 4.78 is 5.29. The van der Waals surface area contributed by atoms with Crippen molar-refractivity contribution in [2.45, 2.75) is 16.7 Å². The number of carbonyl (C=O) groups is 1. The van der Waals surface area contributed by atoms with Crippen LogP contribution in [-0.2, 0) is 4.74 Å². The van der Waals surface area contributed by atoms with E-state index >= 15 is 0 Å². The van der Waals surface area contributed by atoms with Crippen LogP contribution in [0.1, 0.15) is 28.7 Å². The molecule has 0 atom stereocenters. The predicted octanol–water partition coefficient (Wildman–Crippen LogP) is 5.05. The number of nitrogens with zero attached hydrogens (tertiary/aromatic N) is 2. The number of hydrogen-bond donors (Lipinski definition) is 2. The van der Waals surface area contributed by atoms with Crippen molar-refractivity contribution in [1.29, 1.82) is 0 Å². The van der Waals surface area contributed by atoms with Gasteiger partial charge in [0, 0.05) is 34.5 Å². The molecular formula is C25H24N4O2S. The molecule has 0 saturated carbocycles. The van der Waals surface area contributed by atoms with Crippen LogP contribution in [0.2, 0.25) is 0 Å². The van der Waals surface area contributed by atoms with Crippen LogP contribution < -0.4 is 5.32 Å². The van der Waals surface area contributed by atoms with Gasteiger partial charge in [0.25, 0.3) is 5.91 Å². The van der Waals surface area contributed by atoms with Gasteiger partial charge in [0.1, 0.15) is 0 Å². The molecule has 2 heterocycles. The lowest BCUT2D eigenvalue weighted by Gasteiger charge is -2.10. The van der Waals surface area contributed by atoms with Crippen molar-refractivity contribution in [2.24, 2.45) is 0 Å². The lowest BCUT2D eigenvalue weighted by molar-refractivity contribution is 0.0919. The smallest absolute Gasteiger partial charge is 0.252 e. The summed E-state index contributed by atoms with van der Waals surface area (Å²) in [7, 11) is 0. The molecule has 0 unspecified atom stereocenters. The maximum Gasteiger partial charge on any atom is 0.252 e. The molecule has 0 spiro atoms. The second-order valence-electron chi connectivity index (χ2n) is 6.96. The van der Waals surface area contributed by atoms with E-state index < -0.39 is 0 Å². The van der Waals surface area contributed by atoms with Crippen molar-refractivity contribution < 1.29 is 9.53 Å². The number of aromatic nitrogens is 3. The third-order valence-electron chi connectivity index (χ3n) is 4.76.